The third-order valence-corrected chi connectivity index (χ3v) is 6.55. The predicted octanol–water partition coefficient (Wildman–Crippen LogP) is 7.97. The fraction of sp³-hybridized carbons (Fsp3) is 0.0645. The SMILES string of the molecule is Cc1cc2c3cc(C=NN(c4ccccc4)c4ccccc4)ccc3n(C)c2c2ccccc12. The van der Waals surface area contributed by atoms with Gasteiger partial charge in [0.2, 0.25) is 0 Å². The number of aromatic nitrogens is 1. The highest BCUT2D eigenvalue weighted by atomic mass is 15.5. The lowest BCUT2D eigenvalue weighted by atomic mass is 10.0. The minimum Gasteiger partial charge on any atom is -0.343 e. The van der Waals surface area contributed by atoms with Gasteiger partial charge < -0.3 is 4.57 Å². The third kappa shape index (κ3) is 3.34. The average Bonchev–Trinajstić information content (AvgIpc) is 3.17. The van der Waals surface area contributed by atoms with Crippen LogP contribution in [0.1, 0.15) is 11.1 Å². The molecule has 3 nitrogen and oxygen atoms in total. The highest BCUT2D eigenvalue weighted by molar-refractivity contribution is 6.19. The monoisotopic (exact) mass is 439 g/mol. The summed E-state index contributed by atoms with van der Waals surface area (Å²) in [6, 6.07) is 38.1. The molecule has 0 aliphatic carbocycles. The van der Waals surface area contributed by atoms with Crippen molar-refractivity contribution in [1.29, 1.82) is 0 Å². The Morgan fingerprint density at radius 2 is 1.26 bits per heavy atom. The molecule has 34 heavy (non-hydrogen) atoms. The minimum atomic E-state index is 1.03. The van der Waals surface area contributed by atoms with Crippen LogP contribution < -0.4 is 5.01 Å². The second kappa shape index (κ2) is 8.20. The van der Waals surface area contributed by atoms with Gasteiger partial charge in [0, 0.05) is 28.7 Å². The number of anilines is 2. The van der Waals surface area contributed by atoms with Crippen LogP contribution >= 0.6 is 0 Å². The zero-order valence-corrected chi connectivity index (χ0v) is 19.3. The molecule has 1 aromatic heterocycles. The van der Waals surface area contributed by atoms with Crippen molar-refractivity contribution in [3.8, 4) is 0 Å². The van der Waals surface area contributed by atoms with Gasteiger partial charge in [0.1, 0.15) is 0 Å². The summed E-state index contributed by atoms with van der Waals surface area (Å²) in [7, 11) is 2.16. The Kier molecular flexibility index (Phi) is 4.88. The van der Waals surface area contributed by atoms with Gasteiger partial charge in [0.05, 0.1) is 23.1 Å². The summed E-state index contributed by atoms with van der Waals surface area (Å²) in [5, 5.41) is 12.0. The van der Waals surface area contributed by atoms with Crippen LogP contribution in [0.15, 0.2) is 114 Å². The molecular weight excluding hydrogens is 414 g/mol. The van der Waals surface area contributed by atoms with E-state index < -0.39 is 0 Å². The second-order valence-corrected chi connectivity index (χ2v) is 8.70. The molecule has 0 atom stereocenters. The first-order valence-corrected chi connectivity index (χ1v) is 11.6. The first kappa shape index (κ1) is 20.3. The molecule has 1 heterocycles. The van der Waals surface area contributed by atoms with Gasteiger partial charge in [-0.05, 0) is 65.9 Å². The summed E-state index contributed by atoms with van der Waals surface area (Å²) in [6.07, 6.45) is 1.95. The summed E-state index contributed by atoms with van der Waals surface area (Å²) in [6.45, 7) is 2.20. The van der Waals surface area contributed by atoms with Gasteiger partial charge in [-0.2, -0.15) is 5.10 Å². The van der Waals surface area contributed by atoms with E-state index in [9.17, 15) is 0 Å². The Bertz CT molecular complexity index is 1620. The molecule has 6 rings (SSSR count). The van der Waals surface area contributed by atoms with E-state index in [1.54, 1.807) is 0 Å². The van der Waals surface area contributed by atoms with E-state index >= 15 is 0 Å². The minimum absolute atomic E-state index is 1.03. The van der Waals surface area contributed by atoms with Crippen molar-refractivity contribution in [2.75, 3.05) is 5.01 Å². The molecule has 0 saturated heterocycles. The summed E-state index contributed by atoms with van der Waals surface area (Å²) < 4.78 is 2.31. The number of nitrogens with zero attached hydrogens (tertiary/aromatic N) is 3. The van der Waals surface area contributed by atoms with Gasteiger partial charge in [0.25, 0.3) is 0 Å². The number of hydrazone groups is 1. The van der Waals surface area contributed by atoms with E-state index in [1.165, 1.54) is 38.1 Å². The van der Waals surface area contributed by atoms with Crippen LogP contribution in [0.5, 0.6) is 0 Å². The maximum atomic E-state index is 4.90. The number of hydrogen-bond donors (Lipinski definition) is 0. The Balaban J connectivity index is 1.49. The van der Waals surface area contributed by atoms with Crippen molar-refractivity contribution in [3.05, 3.63) is 120 Å². The van der Waals surface area contributed by atoms with E-state index in [4.69, 9.17) is 5.10 Å². The fourth-order valence-electron chi connectivity index (χ4n) is 4.92. The highest BCUT2D eigenvalue weighted by Gasteiger charge is 2.13. The van der Waals surface area contributed by atoms with Crippen molar-refractivity contribution in [3.63, 3.8) is 0 Å². The van der Waals surface area contributed by atoms with Gasteiger partial charge in [-0.25, -0.2) is 5.01 Å². The lowest BCUT2D eigenvalue weighted by Crippen LogP contribution is -2.09. The Labute approximate surface area is 199 Å². The largest absolute Gasteiger partial charge is 0.343 e. The molecule has 164 valence electrons. The molecule has 5 aromatic carbocycles. The first-order valence-electron chi connectivity index (χ1n) is 11.6. The van der Waals surface area contributed by atoms with Crippen molar-refractivity contribution >= 4 is 50.2 Å². The van der Waals surface area contributed by atoms with E-state index in [0.717, 1.165) is 16.9 Å². The van der Waals surface area contributed by atoms with Crippen molar-refractivity contribution < 1.29 is 0 Å². The fourth-order valence-corrected chi connectivity index (χ4v) is 4.92. The summed E-state index contributed by atoms with van der Waals surface area (Å²) in [5.41, 5.74) is 6.93. The number of rotatable bonds is 4. The van der Waals surface area contributed by atoms with Gasteiger partial charge in [-0.3, -0.25) is 0 Å². The van der Waals surface area contributed by atoms with Crippen molar-refractivity contribution in [2.24, 2.45) is 12.1 Å². The number of fused-ring (bicyclic) bond motifs is 5. The Morgan fingerprint density at radius 1 is 0.647 bits per heavy atom. The molecule has 0 N–H and O–H groups in total. The molecule has 3 heteroatoms. The smallest absolute Gasteiger partial charge is 0.0652 e. The molecule has 0 bridgehead atoms. The number of aryl methyl sites for hydroxylation is 2. The lowest BCUT2D eigenvalue weighted by Gasteiger charge is -2.19. The number of hydrogen-bond acceptors (Lipinski definition) is 2. The van der Waals surface area contributed by atoms with Crippen LogP contribution in [0, 0.1) is 6.92 Å². The van der Waals surface area contributed by atoms with Crippen LogP contribution in [0.25, 0.3) is 32.6 Å². The van der Waals surface area contributed by atoms with Crippen LogP contribution in [-0.4, -0.2) is 10.8 Å². The molecule has 0 fully saturated rings. The topological polar surface area (TPSA) is 20.5 Å². The van der Waals surface area contributed by atoms with Crippen LogP contribution in [0.2, 0.25) is 0 Å². The van der Waals surface area contributed by atoms with Crippen LogP contribution in [0.3, 0.4) is 0 Å². The maximum absolute atomic E-state index is 4.90. The lowest BCUT2D eigenvalue weighted by molar-refractivity contribution is 1.02. The molecular formula is C31H25N3. The summed E-state index contributed by atoms with van der Waals surface area (Å²) in [4.78, 5) is 0. The van der Waals surface area contributed by atoms with Gasteiger partial charge >= 0.3 is 0 Å². The second-order valence-electron chi connectivity index (χ2n) is 8.70. The molecule has 0 saturated carbocycles. The Morgan fingerprint density at radius 3 is 1.94 bits per heavy atom. The molecule has 0 amide bonds. The Hall–Kier alpha value is -4.37. The number of benzene rings is 5. The standard InChI is InChI=1S/C31H25N3/c1-22-19-29-28-20-23(17-18-30(28)33(2)31(29)27-16-10-9-15-26(22)27)21-32-34(24-11-5-3-6-12-24)25-13-7-4-8-14-25/h3-21H,1-2H3. The van der Waals surface area contributed by atoms with Crippen molar-refractivity contribution in [1.82, 2.24) is 4.57 Å². The van der Waals surface area contributed by atoms with E-state index in [2.05, 4.69) is 91.3 Å². The van der Waals surface area contributed by atoms with E-state index in [-0.39, 0.29) is 0 Å². The molecule has 0 unspecified atom stereocenters. The van der Waals surface area contributed by atoms with E-state index in [0.29, 0.717) is 0 Å². The van der Waals surface area contributed by atoms with Crippen LogP contribution in [-0.2, 0) is 7.05 Å². The van der Waals surface area contributed by atoms with Crippen molar-refractivity contribution in [2.45, 2.75) is 6.92 Å². The predicted molar refractivity (Wildman–Crippen MR) is 145 cm³/mol. The van der Waals surface area contributed by atoms with Gasteiger partial charge in [-0.1, -0.05) is 66.7 Å². The van der Waals surface area contributed by atoms with E-state index in [1.807, 2.05) is 47.6 Å². The molecule has 0 radical (unpaired) electrons. The summed E-state index contributed by atoms with van der Waals surface area (Å²) >= 11 is 0. The normalized spacial score (nSPS) is 11.7. The highest BCUT2D eigenvalue weighted by Crippen LogP contribution is 2.35. The van der Waals surface area contributed by atoms with Gasteiger partial charge in [0.15, 0.2) is 0 Å². The average molecular weight is 440 g/mol. The molecule has 0 spiro atoms. The zero-order valence-electron chi connectivity index (χ0n) is 19.3. The number of para-hydroxylation sites is 2. The maximum Gasteiger partial charge on any atom is 0.0652 e. The van der Waals surface area contributed by atoms with Gasteiger partial charge in [-0.15, -0.1) is 0 Å². The third-order valence-electron chi connectivity index (χ3n) is 6.55. The quantitative estimate of drug-likeness (QED) is 0.201. The molecule has 6 aromatic rings. The first-order chi connectivity index (χ1) is 16.7. The summed E-state index contributed by atoms with van der Waals surface area (Å²) in [5.74, 6) is 0. The molecule has 0 aliphatic rings. The zero-order chi connectivity index (χ0) is 23.1. The van der Waals surface area contributed by atoms with Crippen LogP contribution in [0.4, 0.5) is 11.4 Å². The molecule has 0 aliphatic heterocycles.